The van der Waals surface area contributed by atoms with Gasteiger partial charge in [-0.15, -0.1) is 11.3 Å². The van der Waals surface area contributed by atoms with Gasteiger partial charge in [0, 0.05) is 18.0 Å². The van der Waals surface area contributed by atoms with Gasteiger partial charge >= 0.3 is 0 Å². The Kier molecular flexibility index (Phi) is 8.52. The largest absolute Gasteiger partial charge is 0.389 e. The molecule has 0 aliphatic carbocycles. The first-order chi connectivity index (χ1) is 9.99. The van der Waals surface area contributed by atoms with Gasteiger partial charge in [-0.05, 0) is 24.3 Å². The molecule has 2 unspecified atom stereocenters. The van der Waals surface area contributed by atoms with Crippen molar-refractivity contribution in [3.63, 3.8) is 0 Å². The molecule has 3 N–H and O–H groups in total. The smallest absolute Gasteiger partial charge is 0.236 e. The second-order valence-electron chi connectivity index (χ2n) is 5.52. The zero-order valence-electron chi connectivity index (χ0n) is 13.0. The molecule has 1 amide bonds. The molecule has 0 spiro atoms. The molecule has 0 aliphatic rings. The van der Waals surface area contributed by atoms with Gasteiger partial charge in [0.15, 0.2) is 0 Å². The van der Waals surface area contributed by atoms with Crippen LogP contribution in [0.3, 0.4) is 0 Å². The second-order valence-corrected chi connectivity index (χ2v) is 6.55. The standard InChI is InChI=1S/C15H26N2O3S/c1-11(2)7-17-15(19)12(3)16-8-13(18)9-20-10-14-5-4-6-21-14/h4-6,11-13,16,18H,7-10H2,1-3H3,(H,17,19). The minimum atomic E-state index is -0.620. The number of nitrogens with one attached hydrogen (secondary N) is 2. The van der Waals surface area contributed by atoms with Crippen LogP contribution in [0.4, 0.5) is 0 Å². The Balaban J connectivity index is 2.10. The highest BCUT2D eigenvalue weighted by Crippen LogP contribution is 2.09. The van der Waals surface area contributed by atoms with Gasteiger partial charge in [0.05, 0.1) is 25.4 Å². The molecule has 0 saturated heterocycles. The molecule has 0 aromatic carbocycles. The van der Waals surface area contributed by atoms with Gasteiger partial charge in [-0.25, -0.2) is 0 Å². The lowest BCUT2D eigenvalue weighted by atomic mass is 10.2. The quantitative estimate of drug-likeness (QED) is 0.610. The molecule has 0 aliphatic heterocycles. The summed E-state index contributed by atoms with van der Waals surface area (Å²) in [6, 6.07) is 3.64. The highest BCUT2D eigenvalue weighted by Gasteiger charge is 2.14. The van der Waals surface area contributed by atoms with Gasteiger partial charge in [0.1, 0.15) is 0 Å². The molecule has 1 aromatic heterocycles. The van der Waals surface area contributed by atoms with Crippen LogP contribution in [0, 0.1) is 5.92 Å². The van der Waals surface area contributed by atoms with Crippen molar-refractivity contribution in [1.29, 1.82) is 0 Å². The van der Waals surface area contributed by atoms with Crippen LogP contribution in [0.15, 0.2) is 17.5 Å². The minimum absolute atomic E-state index is 0.0459. The summed E-state index contributed by atoms with van der Waals surface area (Å²) in [5.74, 6) is 0.382. The Morgan fingerprint density at radius 3 is 2.76 bits per heavy atom. The predicted octanol–water partition coefficient (Wildman–Crippen LogP) is 1.38. The van der Waals surface area contributed by atoms with Gasteiger partial charge in [-0.1, -0.05) is 19.9 Å². The SMILES string of the molecule is CC(C)CNC(=O)C(C)NCC(O)COCc1cccs1. The predicted molar refractivity (Wildman–Crippen MR) is 85.3 cm³/mol. The second kappa shape index (κ2) is 9.89. The van der Waals surface area contributed by atoms with Crippen LogP contribution in [0.5, 0.6) is 0 Å². The summed E-state index contributed by atoms with van der Waals surface area (Å²) < 4.78 is 5.43. The number of hydrogen-bond donors (Lipinski definition) is 3. The van der Waals surface area contributed by atoms with E-state index in [2.05, 4.69) is 10.6 Å². The third kappa shape index (κ3) is 8.16. The number of carbonyl (C=O) groups excluding carboxylic acids is 1. The molecule has 6 heteroatoms. The molecule has 1 rings (SSSR count). The van der Waals surface area contributed by atoms with Crippen LogP contribution >= 0.6 is 11.3 Å². The normalized spacial score (nSPS) is 14.1. The maximum atomic E-state index is 11.7. The topological polar surface area (TPSA) is 70.6 Å². The third-order valence-electron chi connectivity index (χ3n) is 2.87. The zero-order chi connectivity index (χ0) is 15.7. The molecule has 1 aromatic rings. The van der Waals surface area contributed by atoms with Crippen LogP contribution < -0.4 is 10.6 Å². The molecule has 0 bridgehead atoms. The Hall–Kier alpha value is -0.950. The van der Waals surface area contributed by atoms with E-state index in [9.17, 15) is 9.90 Å². The number of carbonyl (C=O) groups is 1. The maximum absolute atomic E-state index is 11.7. The van der Waals surface area contributed by atoms with E-state index < -0.39 is 6.10 Å². The number of amides is 1. The van der Waals surface area contributed by atoms with Crippen molar-refractivity contribution in [2.24, 2.45) is 5.92 Å². The van der Waals surface area contributed by atoms with Crippen molar-refractivity contribution >= 4 is 17.2 Å². The van der Waals surface area contributed by atoms with Crippen LogP contribution in [0.1, 0.15) is 25.6 Å². The monoisotopic (exact) mass is 314 g/mol. The lowest BCUT2D eigenvalue weighted by Crippen LogP contribution is -2.46. The molecule has 1 heterocycles. The van der Waals surface area contributed by atoms with E-state index in [1.807, 2.05) is 31.4 Å². The van der Waals surface area contributed by atoms with Crippen molar-refractivity contribution in [1.82, 2.24) is 10.6 Å². The van der Waals surface area contributed by atoms with Crippen molar-refractivity contribution < 1.29 is 14.6 Å². The summed E-state index contributed by atoms with van der Waals surface area (Å²) in [4.78, 5) is 12.9. The average Bonchev–Trinajstić information content (AvgIpc) is 2.95. The summed E-state index contributed by atoms with van der Waals surface area (Å²) in [6.45, 7) is 7.65. The highest BCUT2D eigenvalue weighted by atomic mass is 32.1. The first-order valence-electron chi connectivity index (χ1n) is 7.28. The number of hydrogen-bond acceptors (Lipinski definition) is 5. The maximum Gasteiger partial charge on any atom is 0.236 e. The van der Waals surface area contributed by atoms with E-state index in [1.165, 1.54) is 0 Å². The number of thiophene rings is 1. The van der Waals surface area contributed by atoms with Crippen LogP contribution in [0.2, 0.25) is 0 Å². The molecule has 0 radical (unpaired) electrons. The molecule has 2 atom stereocenters. The Morgan fingerprint density at radius 1 is 1.38 bits per heavy atom. The average molecular weight is 314 g/mol. The Morgan fingerprint density at radius 2 is 2.14 bits per heavy atom. The third-order valence-corrected chi connectivity index (χ3v) is 3.72. The van der Waals surface area contributed by atoms with Gasteiger partial charge in [-0.2, -0.15) is 0 Å². The van der Waals surface area contributed by atoms with Crippen molar-refractivity contribution in [3.05, 3.63) is 22.4 Å². The number of rotatable bonds is 10. The van der Waals surface area contributed by atoms with Crippen molar-refractivity contribution in [2.75, 3.05) is 19.7 Å². The van der Waals surface area contributed by atoms with Crippen LogP contribution in [0.25, 0.3) is 0 Å². The first-order valence-corrected chi connectivity index (χ1v) is 8.16. The van der Waals surface area contributed by atoms with E-state index in [-0.39, 0.29) is 18.6 Å². The fourth-order valence-electron chi connectivity index (χ4n) is 1.61. The molecule has 0 fully saturated rings. The molecule has 0 saturated carbocycles. The summed E-state index contributed by atoms with van der Waals surface area (Å²) >= 11 is 1.63. The Bertz CT molecular complexity index is 396. The molecular formula is C15H26N2O3S. The fraction of sp³-hybridized carbons (Fsp3) is 0.667. The molecule has 5 nitrogen and oxygen atoms in total. The van der Waals surface area contributed by atoms with Crippen LogP contribution in [-0.4, -0.2) is 42.9 Å². The first kappa shape index (κ1) is 18.1. The summed E-state index contributed by atoms with van der Waals surface area (Å²) in [5, 5.41) is 17.7. The van der Waals surface area contributed by atoms with Crippen molar-refractivity contribution in [3.8, 4) is 0 Å². The molecule has 120 valence electrons. The summed E-state index contributed by atoms with van der Waals surface area (Å²) in [5.41, 5.74) is 0. The Labute approximate surface area is 130 Å². The number of aliphatic hydroxyl groups is 1. The van der Waals surface area contributed by atoms with E-state index in [0.29, 0.717) is 25.6 Å². The van der Waals surface area contributed by atoms with Crippen LogP contribution in [-0.2, 0) is 16.1 Å². The minimum Gasteiger partial charge on any atom is -0.389 e. The zero-order valence-corrected chi connectivity index (χ0v) is 13.8. The van der Waals surface area contributed by atoms with E-state index in [1.54, 1.807) is 18.3 Å². The fourth-order valence-corrected chi connectivity index (χ4v) is 2.25. The van der Waals surface area contributed by atoms with E-state index in [0.717, 1.165) is 4.88 Å². The molecule has 21 heavy (non-hydrogen) atoms. The van der Waals surface area contributed by atoms with Crippen molar-refractivity contribution in [2.45, 2.75) is 39.5 Å². The lowest BCUT2D eigenvalue weighted by Gasteiger charge is -2.17. The number of ether oxygens (including phenoxy) is 1. The van der Waals surface area contributed by atoms with E-state index in [4.69, 9.17) is 4.74 Å². The lowest BCUT2D eigenvalue weighted by molar-refractivity contribution is -0.123. The summed E-state index contributed by atoms with van der Waals surface area (Å²) in [7, 11) is 0. The summed E-state index contributed by atoms with van der Waals surface area (Å²) in [6.07, 6.45) is -0.620. The van der Waals surface area contributed by atoms with Gasteiger partial charge in [0.25, 0.3) is 0 Å². The number of aliphatic hydroxyl groups excluding tert-OH is 1. The molecular weight excluding hydrogens is 288 g/mol. The van der Waals surface area contributed by atoms with Gasteiger partial charge in [0.2, 0.25) is 5.91 Å². The van der Waals surface area contributed by atoms with E-state index >= 15 is 0 Å². The van der Waals surface area contributed by atoms with Gasteiger partial charge in [-0.3, -0.25) is 4.79 Å². The van der Waals surface area contributed by atoms with Gasteiger partial charge < -0.3 is 20.5 Å². The highest BCUT2D eigenvalue weighted by molar-refractivity contribution is 7.09.